The molecule has 0 aliphatic carbocycles. The minimum absolute atomic E-state index is 0.135. The number of carbonyl (C=O) groups excluding carboxylic acids is 1. The molecule has 0 saturated carbocycles. The first-order chi connectivity index (χ1) is 16.4. The van der Waals surface area contributed by atoms with E-state index in [1.807, 2.05) is 12.1 Å². The van der Waals surface area contributed by atoms with E-state index in [1.165, 1.54) is 30.6 Å². The molecule has 1 amide bonds. The van der Waals surface area contributed by atoms with Gasteiger partial charge in [0.1, 0.15) is 34.0 Å². The van der Waals surface area contributed by atoms with Gasteiger partial charge in [-0.2, -0.15) is 0 Å². The number of imidazole rings is 1. The SMILES string of the molecule is COc1cc(F)ccc1-c1nc(C)c(NC(=O)OCc2ccc3c(c2)nc2n3C(C)CCC2)s1. The molecule has 0 bridgehead atoms. The quantitative estimate of drug-likeness (QED) is 0.365. The van der Waals surface area contributed by atoms with Gasteiger partial charge in [-0.25, -0.2) is 19.2 Å². The number of hydrogen-bond acceptors (Lipinski definition) is 6. The first-order valence-corrected chi connectivity index (χ1v) is 12.0. The fraction of sp³-hybridized carbons (Fsp3) is 0.320. The Hall–Kier alpha value is -3.46. The summed E-state index contributed by atoms with van der Waals surface area (Å²) in [5.41, 5.74) is 4.23. The van der Waals surface area contributed by atoms with Gasteiger partial charge in [0.2, 0.25) is 0 Å². The number of benzene rings is 2. The van der Waals surface area contributed by atoms with Crippen LogP contribution in [0.15, 0.2) is 36.4 Å². The molecular formula is C25H25FN4O3S. The van der Waals surface area contributed by atoms with Gasteiger partial charge in [-0.1, -0.05) is 17.4 Å². The third kappa shape index (κ3) is 4.23. The lowest BCUT2D eigenvalue weighted by Gasteiger charge is -2.22. The third-order valence-electron chi connectivity index (χ3n) is 6.07. The van der Waals surface area contributed by atoms with Crippen molar-refractivity contribution in [3.8, 4) is 16.3 Å². The van der Waals surface area contributed by atoms with Gasteiger partial charge in [0, 0.05) is 18.5 Å². The maximum atomic E-state index is 13.5. The number of halogens is 1. The predicted octanol–water partition coefficient (Wildman–Crippen LogP) is 6.26. The number of nitrogens with zero attached hydrogens (tertiary/aromatic N) is 3. The van der Waals surface area contributed by atoms with Crippen LogP contribution in [0.25, 0.3) is 21.6 Å². The number of nitrogens with one attached hydrogen (secondary N) is 1. The molecule has 2 aromatic heterocycles. The largest absolute Gasteiger partial charge is 0.496 e. The molecule has 5 rings (SSSR count). The number of aryl methyl sites for hydroxylation is 2. The van der Waals surface area contributed by atoms with E-state index in [0.717, 1.165) is 41.7 Å². The molecule has 9 heteroatoms. The smallest absolute Gasteiger partial charge is 0.412 e. The first kappa shape index (κ1) is 22.3. The summed E-state index contributed by atoms with van der Waals surface area (Å²) >= 11 is 1.28. The van der Waals surface area contributed by atoms with Gasteiger partial charge in [0.05, 0.1) is 29.4 Å². The summed E-state index contributed by atoms with van der Waals surface area (Å²) in [4.78, 5) is 21.8. The van der Waals surface area contributed by atoms with Crippen molar-refractivity contribution in [2.75, 3.05) is 12.4 Å². The average molecular weight is 481 g/mol. The molecule has 7 nitrogen and oxygen atoms in total. The van der Waals surface area contributed by atoms with Crippen molar-refractivity contribution in [2.24, 2.45) is 0 Å². The van der Waals surface area contributed by atoms with Crippen molar-refractivity contribution in [2.45, 2.75) is 45.8 Å². The Morgan fingerprint density at radius 1 is 1.26 bits per heavy atom. The molecule has 1 aliphatic rings. The monoisotopic (exact) mass is 480 g/mol. The van der Waals surface area contributed by atoms with Gasteiger partial charge >= 0.3 is 6.09 Å². The number of anilines is 1. The van der Waals surface area contributed by atoms with Crippen molar-refractivity contribution in [3.05, 3.63) is 59.3 Å². The van der Waals surface area contributed by atoms with Crippen LogP contribution in [-0.4, -0.2) is 27.7 Å². The Labute approximate surface area is 200 Å². The van der Waals surface area contributed by atoms with E-state index in [9.17, 15) is 9.18 Å². The summed E-state index contributed by atoms with van der Waals surface area (Å²) < 4.78 is 26.6. The lowest BCUT2D eigenvalue weighted by Crippen LogP contribution is -2.15. The molecule has 2 aromatic carbocycles. The topological polar surface area (TPSA) is 78.3 Å². The van der Waals surface area contributed by atoms with E-state index < -0.39 is 6.09 Å². The molecule has 0 saturated heterocycles. The van der Waals surface area contributed by atoms with Crippen LogP contribution in [0.4, 0.5) is 14.2 Å². The summed E-state index contributed by atoms with van der Waals surface area (Å²) in [6, 6.07) is 10.7. The number of rotatable bonds is 5. The van der Waals surface area contributed by atoms with E-state index in [4.69, 9.17) is 14.5 Å². The Morgan fingerprint density at radius 3 is 2.94 bits per heavy atom. The molecule has 1 N–H and O–H groups in total. The van der Waals surface area contributed by atoms with E-state index in [2.05, 4.69) is 27.9 Å². The lowest BCUT2D eigenvalue weighted by molar-refractivity contribution is 0.155. The number of methoxy groups -OCH3 is 1. The fourth-order valence-electron chi connectivity index (χ4n) is 4.38. The highest BCUT2D eigenvalue weighted by atomic mass is 32.1. The number of aromatic nitrogens is 3. The fourth-order valence-corrected chi connectivity index (χ4v) is 5.37. The summed E-state index contributed by atoms with van der Waals surface area (Å²) in [7, 11) is 1.48. The minimum atomic E-state index is -0.567. The summed E-state index contributed by atoms with van der Waals surface area (Å²) in [6.07, 6.45) is 2.75. The predicted molar refractivity (Wildman–Crippen MR) is 130 cm³/mol. The highest BCUT2D eigenvalue weighted by Gasteiger charge is 2.20. The Bertz CT molecular complexity index is 1380. The van der Waals surface area contributed by atoms with Gasteiger partial charge in [0.25, 0.3) is 0 Å². The second kappa shape index (κ2) is 9.06. The molecule has 176 valence electrons. The van der Waals surface area contributed by atoms with Crippen LogP contribution in [0.2, 0.25) is 0 Å². The number of amides is 1. The zero-order chi connectivity index (χ0) is 23.8. The van der Waals surface area contributed by atoms with E-state index in [0.29, 0.717) is 33.1 Å². The zero-order valence-electron chi connectivity index (χ0n) is 19.2. The van der Waals surface area contributed by atoms with Crippen LogP contribution in [0, 0.1) is 12.7 Å². The van der Waals surface area contributed by atoms with E-state index in [-0.39, 0.29) is 12.4 Å². The molecular weight excluding hydrogens is 455 g/mol. The van der Waals surface area contributed by atoms with Gasteiger partial charge in [0.15, 0.2) is 0 Å². The van der Waals surface area contributed by atoms with Crippen molar-refractivity contribution in [1.29, 1.82) is 0 Å². The van der Waals surface area contributed by atoms with E-state index >= 15 is 0 Å². The number of thiazole rings is 1. The number of fused-ring (bicyclic) bond motifs is 3. The van der Waals surface area contributed by atoms with Crippen molar-refractivity contribution < 1.29 is 18.7 Å². The number of hydrogen-bond donors (Lipinski definition) is 1. The molecule has 4 aromatic rings. The van der Waals surface area contributed by atoms with Crippen LogP contribution < -0.4 is 10.1 Å². The lowest BCUT2D eigenvalue weighted by atomic mass is 10.1. The summed E-state index contributed by atoms with van der Waals surface area (Å²) in [5.74, 6) is 1.12. The van der Waals surface area contributed by atoms with Gasteiger partial charge < -0.3 is 14.0 Å². The highest BCUT2D eigenvalue weighted by molar-refractivity contribution is 7.19. The van der Waals surface area contributed by atoms with Gasteiger partial charge in [-0.15, -0.1) is 0 Å². The van der Waals surface area contributed by atoms with Crippen LogP contribution in [-0.2, 0) is 17.8 Å². The standard InChI is InChI=1S/C25H25FN4O3S/c1-14-5-4-6-22-28-19-11-16(7-10-20(19)30(14)22)13-33-25(31)29-23-15(2)27-24(34-23)18-9-8-17(26)12-21(18)32-3/h7-12,14H,4-6,13H2,1-3H3,(H,29,31). The molecule has 1 aliphatic heterocycles. The summed E-state index contributed by atoms with van der Waals surface area (Å²) in [6.45, 7) is 4.15. The molecule has 0 spiro atoms. The van der Waals surface area contributed by atoms with Crippen molar-refractivity contribution in [3.63, 3.8) is 0 Å². The maximum Gasteiger partial charge on any atom is 0.412 e. The highest BCUT2D eigenvalue weighted by Crippen LogP contribution is 2.37. The maximum absolute atomic E-state index is 13.5. The molecule has 34 heavy (non-hydrogen) atoms. The molecule has 1 unspecified atom stereocenters. The Kier molecular flexibility index (Phi) is 5.95. The molecule has 1 atom stereocenters. The molecule has 0 radical (unpaired) electrons. The van der Waals surface area contributed by atoms with E-state index in [1.54, 1.807) is 13.0 Å². The average Bonchev–Trinajstić information content (AvgIpc) is 3.37. The second-order valence-corrected chi connectivity index (χ2v) is 9.44. The zero-order valence-corrected chi connectivity index (χ0v) is 20.0. The molecule has 0 fully saturated rings. The summed E-state index contributed by atoms with van der Waals surface area (Å²) in [5, 5.41) is 3.95. The van der Waals surface area contributed by atoms with Crippen molar-refractivity contribution >= 4 is 33.5 Å². The van der Waals surface area contributed by atoms with Crippen LogP contribution in [0.1, 0.15) is 42.9 Å². The normalized spacial score (nSPS) is 15.2. The van der Waals surface area contributed by atoms with Crippen molar-refractivity contribution in [1.82, 2.24) is 14.5 Å². The second-order valence-electron chi connectivity index (χ2n) is 8.44. The van der Waals surface area contributed by atoms with Gasteiger partial charge in [-0.3, -0.25) is 5.32 Å². The number of carbonyl (C=O) groups is 1. The van der Waals surface area contributed by atoms with Crippen LogP contribution in [0.5, 0.6) is 5.75 Å². The Morgan fingerprint density at radius 2 is 2.12 bits per heavy atom. The van der Waals surface area contributed by atoms with Crippen LogP contribution in [0.3, 0.4) is 0 Å². The number of ether oxygens (including phenoxy) is 2. The Balaban J connectivity index is 1.27. The van der Waals surface area contributed by atoms with Gasteiger partial charge in [-0.05, 0) is 56.5 Å². The third-order valence-corrected chi connectivity index (χ3v) is 7.17. The molecule has 3 heterocycles. The van der Waals surface area contributed by atoms with Crippen LogP contribution >= 0.6 is 11.3 Å². The minimum Gasteiger partial charge on any atom is -0.496 e. The first-order valence-electron chi connectivity index (χ1n) is 11.2.